The molecule has 0 amide bonds. The van der Waals surface area contributed by atoms with Gasteiger partial charge in [0.1, 0.15) is 0 Å². The first-order chi connectivity index (χ1) is 26.0. The zero-order valence-corrected chi connectivity index (χ0v) is 31.1. The third-order valence-corrected chi connectivity index (χ3v) is 11.6. The molecule has 1 heteroatoms. The lowest BCUT2D eigenvalue weighted by Gasteiger charge is -2.31. The van der Waals surface area contributed by atoms with E-state index in [-0.39, 0.29) is 5.41 Å². The van der Waals surface area contributed by atoms with E-state index in [0.29, 0.717) is 5.92 Å². The maximum absolute atomic E-state index is 2.51. The fraction of sp³-hybridized carbons (Fsp3) is 0.192. The van der Waals surface area contributed by atoms with Crippen LogP contribution >= 0.6 is 0 Å². The first-order valence-electron chi connectivity index (χ1n) is 19.5. The normalized spacial score (nSPS) is 13.9. The Labute approximate surface area is 314 Å². The first kappa shape index (κ1) is 33.2. The maximum Gasteiger partial charge on any atom is 0.0540 e. The maximum atomic E-state index is 2.51. The Morgan fingerprint density at radius 2 is 1.00 bits per heavy atom. The van der Waals surface area contributed by atoms with E-state index in [9.17, 15) is 0 Å². The van der Waals surface area contributed by atoms with Crippen molar-refractivity contribution in [2.75, 3.05) is 4.90 Å². The number of hydrogen-bond acceptors (Lipinski definition) is 1. The summed E-state index contributed by atoms with van der Waals surface area (Å²) in [6.45, 7) is 6.87. The molecule has 0 radical (unpaired) electrons. The number of hydrogen-bond donors (Lipinski definition) is 0. The van der Waals surface area contributed by atoms with E-state index in [4.69, 9.17) is 0 Å². The molecule has 0 aromatic heterocycles. The van der Waals surface area contributed by atoms with E-state index < -0.39 is 0 Å². The molecule has 260 valence electrons. The molecule has 1 fully saturated rings. The Morgan fingerprint density at radius 1 is 0.434 bits per heavy atom. The van der Waals surface area contributed by atoms with E-state index >= 15 is 0 Å². The molecule has 9 rings (SSSR count). The highest BCUT2D eigenvalue weighted by Crippen LogP contribution is 2.48. The van der Waals surface area contributed by atoms with E-state index in [1.807, 2.05) is 0 Å². The number of anilines is 3. The van der Waals surface area contributed by atoms with E-state index in [0.717, 1.165) is 11.4 Å². The van der Waals surface area contributed by atoms with Crippen LogP contribution in [-0.4, -0.2) is 0 Å². The number of fused-ring (bicyclic) bond motifs is 4. The van der Waals surface area contributed by atoms with Crippen molar-refractivity contribution < 1.29 is 0 Å². The smallest absolute Gasteiger partial charge is 0.0540 e. The van der Waals surface area contributed by atoms with Crippen LogP contribution < -0.4 is 4.90 Å². The lowest BCUT2D eigenvalue weighted by Crippen LogP contribution is -2.14. The molecule has 1 aliphatic carbocycles. The molecule has 1 saturated carbocycles. The highest BCUT2D eigenvalue weighted by atomic mass is 15.1. The predicted molar refractivity (Wildman–Crippen MR) is 229 cm³/mol. The molecule has 0 bridgehead atoms. The van der Waals surface area contributed by atoms with Crippen LogP contribution in [0.2, 0.25) is 0 Å². The molecule has 0 spiro atoms. The summed E-state index contributed by atoms with van der Waals surface area (Å²) in [6, 6.07) is 61.3. The third-order valence-electron chi connectivity index (χ3n) is 11.6. The highest BCUT2D eigenvalue weighted by molar-refractivity contribution is 6.13. The Kier molecular flexibility index (Phi) is 8.59. The Bertz CT molecular complexity index is 2570. The van der Waals surface area contributed by atoms with Gasteiger partial charge in [-0.15, -0.1) is 0 Å². The van der Waals surface area contributed by atoms with Crippen molar-refractivity contribution in [3.8, 4) is 22.3 Å². The Morgan fingerprint density at radius 3 is 1.74 bits per heavy atom. The molecule has 0 unspecified atom stereocenters. The van der Waals surface area contributed by atoms with Crippen LogP contribution in [0.5, 0.6) is 0 Å². The standard InChI is InChI=1S/C52H47N/c1-52(2,3)39-31-33-40(34-32-39)53(49-28-11-9-22-46(49)44-26-15-25-43-41-21-8-7-18-37(41)30-35-45(43)44)50-29-12-10-23-47(50)48-27-14-20-38-19-13-24-42(51(38)48)36-16-5-4-6-17-36/h7-15,18-36H,4-6,16-17H2,1-3H3. The fourth-order valence-electron chi connectivity index (χ4n) is 8.93. The largest absolute Gasteiger partial charge is 0.309 e. The molecule has 53 heavy (non-hydrogen) atoms. The summed E-state index contributed by atoms with van der Waals surface area (Å²) in [5, 5.41) is 7.83. The molecule has 0 aliphatic heterocycles. The summed E-state index contributed by atoms with van der Waals surface area (Å²) < 4.78 is 0. The van der Waals surface area contributed by atoms with Crippen molar-refractivity contribution in [2.24, 2.45) is 0 Å². The summed E-state index contributed by atoms with van der Waals surface area (Å²) in [5.74, 6) is 0.602. The van der Waals surface area contributed by atoms with Crippen molar-refractivity contribution >= 4 is 49.4 Å². The molecule has 1 aliphatic rings. The van der Waals surface area contributed by atoms with E-state index in [1.54, 1.807) is 0 Å². The second kappa shape index (κ2) is 13.7. The molecule has 1 nitrogen and oxygen atoms in total. The van der Waals surface area contributed by atoms with Gasteiger partial charge in [-0.3, -0.25) is 0 Å². The van der Waals surface area contributed by atoms with Gasteiger partial charge >= 0.3 is 0 Å². The number of benzene rings is 8. The summed E-state index contributed by atoms with van der Waals surface area (Å²) in [6.07, 6.45) is 6.54. The van der Waals surface area contributed by atoms with Crippen molar-refractivity contribution in [1.29, 1.82) is 0 Å². The topological polar surface area (TPSA) is 3.24 Å². The van der Waals surface area contributed by atoms with Crippen molar-refractivity contribution in [3.63, 3.8) is 0 Å². The second-order valence-electron chi connectivity index (χ2n) is 15.9. The molecular weight excluding hydrogens is 639 g/mol. The molecule has 0 saturated heterocycles. The van der Waals surface area contributed by atoms with Gasteiger partial charge in [0.05, 0.1) is 11.4 Å². The molecule has 0 heterocycles. The van der Waals surface area contributed by atoms with Gasteiger partial charge < -0.3 is 4.90 Å². The molecule has 8 aromatic rings. The van der Waals surface area contributed by atoms with Gasteiger partial charge in [-0.2, -0.15) is 0 Å². The Hall–Kier alpha value is -5.66. The highest BCUT2D eigenvalue weighted by Gasteiger charge is 2.25. The lowest BCUT2D eigenvalue weighted by atomic mass is 9.80. The van der Waals surface area contributed by atoms with Gasteiger partial charge in [0, 0.05) is 16.8 Å². The van der Waals surface area contributed by atoms with Crippen LogP contribution in [-0.2, 0) is 5.41 Å². The Balaban J connectivity index is 1.30. The van der Waals surface area contributed by atoms with Crippen molar-refractivity contribution in [3.05, 3.63) is 175 Å². The SMILES string of the molecule is CC(C)(C)c1ccc(N(c2ccccc2-c2cccc3c2ccc2ccccc23)c2ccccc2-c2cccc3cccc(C4CCCCC4)c23)cc1. The molecule has 0 N–H and O–H groups in total. The molecule has 0 atom stereocenters. The third kappa shape index (κ3) is 6.09. The zero-order chi connectivity index (χ0) is 35.9. The van der Waals surface area contributed by atoms with Crippen LogP contribution in [0, 0.1) is 0 Å². The van der Waals surface area contributed by atoms with Crippen LogP contribution in [0.25, 0.3) is 54.6 Å². The van der Waals surface area contributed by atoms with Crippen LogP contribution in [0.15, 0.2) is 164 Å². The zero-order valence-electron chi connectivity index (χ0n) is 31.1. The summed E-state index contributed by atoms with van der Waals surface area (Å²) in [4.78, 5) is 2.51. The average molecular weight is 686 g/mol. The summed E-state index contributed by atoms with van der Waals surface area (Å²) in [5.41, 5.74) is 11.4. The van der Waals surface area contributed by atoms with Crippen LogP contribution in [0.1, 0.15) is 69.9 Å². The number of nitrogens with zero attached hydrogens (tertiary/aromatic N) is 1. The van der Waals surface area contributed by atoms with Gasteiger partial charge in [-0.1, -0.05) is 180 Å². The molecular formula is C52H47N. The van der Waals surface area contributed by atoms with Gasteiger partial charge in [0.2, 0.25) is 0 Å². The van der Waals surface area contributed by atoms with Gasteiger partial charge in [-0.25, -0.2) is 0 Å². The van der Waals surface area contributed by atoms with Crippen molar-refractivity contribution in [2.45, 2.75) is 64.2 Å². The minimum atomic E-state index is 0.0589. The lowest BCUT2D eigenvalue weighted by molar-refractivity contribution is 0.445. The summed E-state index contributed by atoms with van der Waals surface area (Å²) >= 11 is 0. The van der Waals surface area contributed by atoms with E-state index in [1.165, 1.54) is 103 Å². The van der Waals surface area contributed by atoms with E-state index in [2.05, 4.69) is 189 Å². The summed E-state index contributed by atoms with van der Waals surface area (Å²) in [7, 11) is 0. The van der Waals surface area contributed by atoms with Gasteiger partial charge in [0.15, 0.2) is 0 Å². The van der Waals surface area contributed by atoms with Crippen molar-refractivity contribution in [1.82, 2.24) is 0 Å². The second-order valence-corrected chi connectivity index (χ2v) is 15.9. The average Bonchev–Trinajstić information content (AvgIpc) is 3.21. The fourth-order valence-corrected chi connectivity index (χ4v) is 8.93. The first-order valence-corrected chi connectivity index (χ1v) is 19.5. The quantitative estimate of drug-likeness (QED) is 0.158. The van der Waals surface area contributed by atoms with Crippen LogP contribution in [0.4, 0.5) is 17.1 Å². The van der Waals surface area contributed by atoms with Gasteiger partial charge in [0.25, 0.3) is 0 Å². The predicted octanol–water partition coefficient (Wildman–Crippen LogP) is 15.3. The monoisotopic (exact) mass is 685 g/mol. The van der Waals surface area contributed by atoms with Gasteiger partial charge in [-0.05, 0) is 103 Å². The number of para-hydroxylation sites is 2. The minimum absolute atomic E-state index is 0.0589. The number of rotatable bonds is 6. The molecule has 8 aromatic carbocycles. The minimum Gasteiger partial charge on any atom is -0.309 e. The van der Waals surface area contributed by atoms with Crippen LogP contribution in [0.3, 0.4) is 0 Å².